The first-order valence-electron chi connectivity index (χ1n) is 8.61. The number of rotatable bonds is 11. The van der Waals surface area contributed by atoms with E-state index >= 15 is 0 Å². The van der Waals surface area contributed by atoms with E-state index < -0.39 is 11.8 Å². The van der Waals surface area contributed by atoms with Gasteiger partial charge in [0.2, 0.25) is 0 Å². The fourth-order valence-electron chi connectivity index (χ4n) is 2.69. The average molecular weight is 357 g/mol. The topological polar surface area (TPSA) is 52.0 Å². The second kappa shape index (κ2) is 8.73. The molecule has 1 aliphatic heterocycles. The third-order valence-corrected chi connectivity index (χ3v) is 4.20. The van der Waals surface area contributed by atoms with E-state index in [4.69, 9.17) is 0 Å². The Labute approximate surface area is 146 Å². The molecule has 1 heterocycles. The van der Waals surface area contributed by atoms with E-state index in [1.807, 2.05) is 7.05 Å². The zero-order valence-corrected chi connectivity index (χ0v) is 14.7. The molecular weight excluding hydrogens is 331 g/mol. The molecule has 8 heteroatoms. The van der Waals surface area contributed by atoms with Crippen LogP contribution in [0.15, 0.2) is 34.5 Å². The fourth-order valence-corrected chi connectivity index (χ4v) is 2.69. The second-order valence-electron chi connectivity index (χ2n) is 6.19. The molecule has 0 amide bonds. The first-order valence-corrected chi connectivity index (χ1v) is 8.61. The Kier molecular flexibility index (Phi) is 6.92. The van der Waals surface area contributed by atoms with Crippen molar-refractivity contribution in [1.29, 1.82) is 0 Å². The van der Waals surface area contributed by atoms with Crippen LogP contribution in [-0.2, 0) is 12.2 Å². The van der Waals surface area contributed by atoms with E-state index in [1.165, 1.54) is 12.1 Å². The van der Waals surface area contributed by atoms with Gasteiger partial charge in [-0.05, 0) is 25.6 Å². The lowest BCUT2D eigenvalue weighted by atomic mass is 10.0. The van der Waals surface area contributed by atoms with Gasteiger partial charge < -0.3 is 15.5 Å². The van der Waals surface area contributed by atoms with Gasteiger partial charge >= 0.3 is 11.8 Å². The van der Waals surface area contributed by atoms with E-state index in [9.17, 15) is 13.2 Å². The van der Waals surface area contributed by atoms with Gasteiger partial charge in [0.25, 0.3) is 0 Å². The standard InChI is InChI=1S/C17H26F3N5/c1-3-10-25(11-8-21-2)12-9-22-13-14-4-6-15(7-5-14)16(23-24-16)17(18,19)20/h4-7,21-22H,3,8-13H2,1-2H3. The lowest BCUT2D eigenvalue weighted by molar-refractivity contribution is -0.166. The van der Waals surface area contributed by atoms with Gasteiger partial charge in [-0.15, -0.1) is 10.2 Å². The highest BCUT2D eigenvalue weighted by Crippen LogP contribution is 2.52. The highest BCUT2D eigenvalue weighted by Gasteiger charge is 2.65. The van der Waals surface area contributed by atoms with Crippen molar-refractivity contribution in [1.82, 2.24) is 15.5 Å². The Balaban J connectivity index is 1.77. The Bertz CT molecular complexity index is 550. The molecule has 0 spiro atoms. The molecule has 0 saturated carbocycles. The molecule has 0 bridgehead atoms. The van der Waals surface area contributed by atoms with Crippen molar-refractivity contribution in [2.75, 3.05) is 39.8 Å². The van der Waals surface area contributed by atoms with E-state index in [0.717, 1.165) is 44.7 Å². The van der Waals surface area contributed by atoms with Gasteiger partial charge in [-0.25, -0.2) is 0 Å². The molecule has 1 aliphatic rings. The normalized spacial score (nSPS) is 15.8. The predicted octanol–water partition coefficient (Wildman–Crippen LogP) is 2.89. The molecule has 140 valence electrons. The molecule has 1 aromatic carbocycles. The van der Waals surface area contributed by atoms with Crippen LogP contribution < -0.4 is 10.6 Å². The van der Waals surface area contributed by atoms with Crippen LogP contribution in [0.4, 0.5) is 13.2 Å². The smallest absolute Gasteiger partial charge is 0.318 e. The molecule has 5 nitrogen and oxygen atoms in total. The van der Waals surface area contributed by atoms with Gasteiger partial charge in [0.1, 0.15) is 0 Å². The van der Waals surface area contributed by atoms with E-state index in [0.29, 0.717) is 6.54 Å². The van der Waals surface area contributed by atoms with Crippen molar-refractivity contribution in [3.63, 3.8) is 0 Å². The molecule has 0 aromatic heterocycles. The molecule has 0 fully saturated rings. The van der Waals surface area contributed by atoms with Crippen molar-refractivity contribution < 1.29 is 13.2 Å². The predicted molar refractivity (Wildman–Crippen MR) is 91.4 cm³/mol. The number of alkyl halides is 3. The van der Waals surface area contributed by atoms with Gasteiger partial charge in [-0.2, -0.15) is 13.2 Å². The molecule has 2 N–H and O–H groups in total. The zero-order chi connectivity index (χ0) is 18.3. The summed E-state index contributed by atoms with van der Waals surface area (Å²) < 4.78 is 38.8. The Morgan fingerprint density at radius 1 is 1.04 bits per heavy atom. The molecule has 1 aromatic rings. The molecule has 0 atom stereocenters. The molecule has 25 heavy (non-hydrogen) atoms. The lowest BCUT2D eigenvalue weighted by Gasteiger charge is -2.21. The van der Waals surface area contributed by atoms with Crippen LogP contribution in [0.1, 0.15) is 24.5 Å². The quantitative estimate of drug-likeness (QED) is 0.599. The van der Waals surface area contributed by atoms with Crippen molar-refractivity contribution in [3.8, 4) is 0 Å². The average Bonchev–Trinajstić information content (AvgIpc) is 3.38. The maximum absolute atomic E-state index is 12.9. The summed E-state index contributed by atoms with van der Waals surface area (Å²) in [5.41, 5.74) is -1.31. The minimum absolute atomic E-state index is 0.0740. The number of likely N-dealkylation sites (N-methyl/N-ethyl adjacent to an activating group) is 1. The van der Waals surface area contributed by atoms with E-state index in [-0.39, 0.29) is 5.56 Å². The van der Waals surface area contributed by atoms with Crippen molar-refractivity contribution >= 4 is 0 Å². The number of benzene rings is 1. The Morgan fingerprint density at radius 3 is 2.20 bits per heavy atom. The highest BCUT2D eigenvalue weighted by atomic mass is 19.4. The summed E-state index contributed by atoms with van der Waals surface area (Å²) in [6.07, 6.45) is -3.36. The molecule has 0 radical (unpaired) electrons. The first-order chi connectivity index (χ1) is 11.9. The lowest BCUT2D eigenvalue weighted by Crippen LogP contribution is -2.36. The van der Waals surface area contributed by atoms with Gasteiger partial charge in [-0.1, -0.05) is 31.2 Å². The van der Waals surface area contributed by atoms with Crippen LogP contribution >= 0.6 is 0 Å². The van der Waals surface area contributed by atoms with Crippen LogP contribution in [0.5, 0.6) is 0 Å². The number of hydrogen-bond acceptors (Lipinski definition) is 5. The van der Waals surface area contributed by atoms with Gasteiger partial charge in [0, 0.05) is 38.3 Å². The summed E-state index contributed by atoms with van der Waals surface area (Å²) in [4.78, 5) is 2.38. The summed E-state index contributed by atoms with van der Waals surface area (Å²) in [7, 11) is 1.94. The second-order valence-corrected chi connectivity index (χ2v) is 6.19. The molecule has 0 unspecified atom stereocenters. The van der Waals surface area contributed by atoms with Crippen molar-refractivity contribution in [2.24, 2.45) is 10.2 Å². The van der Waals surface area contributed by atoms with E-state index in [2.05, 4.69) is 32.7 Å². The number of halogens is 3. The summed E-state index contributed by atoms with van der Waals surface area (Å²) in [6.45, 7) is 7.59. The third-order valence-electron chi connectivity index (χ3n) is 4.20. The summed E-state index contributed by atoms with van der Waals surface area (Å²) in [5.74, 6) is 0. The van der Waals surface area contributed by atoms with Gasteiger partial charge in [0.15, 0.2) is 0 Å². The number of hydrogen-bond donors (Lipinski definition) is 2. The highest BCUT2D eigenvalue weighted by molar-refractivity contribution is 5.32. The monoisotopic (exact) mass is 357 g/mol. The molecule has 0 aliphatic carbocycles. The van der Waals surface area contributed by atoms with Gasteiger partial charge in [0.05, 0.1) is 0 Å². The largest absolute Gasteiger partial charge is 0.442 e. The maximum atomic E-state index is 12.9. The summed E-state index contributed by atoms with van der Waals surface area (Å²) in [6, 6.07) is 6.32. The molecular formula is C17H26F3N5. The number of nitrogens with one attached hydrogen (secondary N) is 2. The molecule has 0 saturated heterocycles. The SMILES string of the molecule is CCCN(CCNC)CCNCc1ccc(C2(C(F)(F)F)N=N2)cc1. The minimum Gasteiger partial charge on any atom is -0.318 e. The van der Waals surface area contributed by atoms with Crippen LogP contribution in [-0.4, -0.2) is 50.8 Å². The fraction of sp³-hybridized carbons (Fsp3) is 0.647. The first kappa shape index (κ1) is 19.8. The number of nitrogens with zero attached hydrogens (tertiary/aromatic N) is 3. The maximum Gasteiger partial charge on any atom is 0.442 e. The molecule has 2 rings (SSSR count). The van der Waals surface area contributed by atoms with E-state index in [1.54, 1.807) is 12.1 Å². The van der Waals surface area contributed by atoms with Crippen LogP contribution in [0.2, 0.25) is 0 Å². The van der Waals surface area contributed by atoms with Crippen LogP contribution in [0.3, 0.4) is 0 Å². The van der Waals surface area contributed by atoms with Gasteiger partial charge in [-0.3, -0.25) is 0 Å². The summed E-state index contributed by atoms with van der Waals surface area (Å²) >= 11 is 0. The Hall–Kier alpha value is -1.51. The minimum atomic E-state index is -4.47. The van der Waals surface area contributed by atoms with Crippen molar-refractivity contribution in [2.45, 2.75) is 31.7 Å². The third kappa shape index (κ3) is 5.23. The summed E-state index contributed by atoms with van der Waals surface area (Å²) in [5, 5.41) is 12.9. The van der Waals surface area contributed by atoms with Crippen LogP contribution in [0.25, 0.3) is 0 Å². The Morgan fingerprint density at radius 2 is 1.68 bits per heavy atom. The van der Waals surface area contributed by atoms with Crippen molar-refractivity contribution in [3.05, 3.63) is 35.4 Å². The van der Waals surface area contributed by atoms with Crippen LogP contribution in [0, 0.1) is 0 Å². The zero-order valence-electron chi connectivity index (χ0n) is 14.7.